The van der Waals surface area contributed by atoms with E-state index in [9.17, 15) is 5.21 Å². The van der Waals surface area contributed by atoms with E-state index in [4.69, 9.17) is 9.47 Å². The van der Waals surface area contributed by atoms with Crippen molar-refractivity contribution in [2.24, 2.45) is 5.16 Å². The highest BCUT2D eigenvalue weighted by molar-refractivity contribution is 6.01. The van der Waals surface area contributed by atoms with Gasteiger partial charge in [0.15, 0.2) is 11.5 Å². The van der Waals surface area contributed by atoms with E-state index in [0.29, 0.717) is 23.6 Å². The molecule has 0 amide bonds. The molecular weight excluding hydrogens is 376 g/mol. The monoisotopic (exact) mass is 400 g/mol. The van der Waals surface area contributed by atoms with Gasteiger partial charge in [-0.2, -0.15) is 0 Å². The Morgan fingerprint density at radius 1 is 0.933 bits per heavy atom. The summed E-state index contributed by atoms with van der Waals surface area (Å²) in [7, 11) is 3.26. The van der Waals surface area contributed by atoms with Gasteiger partial charge in [-0.15, -0.1) is 0 Å². The molecule has 0 fully saturated rings. The fourth-order valence-corrected chi connectivity index (χ4v) is 3.90. The Morgan fingerprint density at radius 2 is 1.67 bits per heavy atom. The van der Waals surface area contributed by atoms with E-state index in [1.54, 1.807) is 14.2 Å². The smallest absolute Gasteiger partial charge is 0.161 e. The normalized spacial score (nSPS) is 12.7. The summed E-state index contributed by atoms with van der Waals surface area (Å²) in [6.45, 7) is 0. The quantitative estimate of drug-likeness (QED) is 0.242. The molecule has 0 spiro atoms. The van der Waals surface area contributed by atoms with Crippen molar-refractivity contribution in [2.45, 2.75) is 12.3 Å². The number of para-hydroxylation sites is 1. The van der Waals surface area contributed by atoms with E-state index in [-0.39, 0.29) is 5.92 Å². The van der Waals surface area contributed by atoms with Crippen LogP contribution in [0, 0.1) is 0 Å². The molecule has 1 aromatic heterocycles. The number of aromatic nitrogens is 1. The molecule has 4 aromatic rings. The lowest BCUT2D eigenvalue weighted by atomic mass is 9.85. The van der Waals surface area contributed by atoms with Crippen molar-refractivity contribution in [3.05, 3.63) is 95.7 Å². The number of ether oxygens (including phenoxy) is 2. The molecule has 0 bridgehead atoms. The van der Waals surface area contributed by atoms with Crippen LogP contribution in [0.3, 0.4) is 0 Å². The number of nitrogens with one attached hydrogen (secondary N) is 1. The van der Waals surface area contributed by atoms with Gasteiger partial charge >= 0.3 is 0 Å². The Kier molecular flexibility index (Phi) is 5.70. The topological polar surface area (TPSA) is 66.8 Å². The third-order valence-electron chi connectivity index (χ3n) is 5.43. The third-order valence-corrected chi connectivity index (χ3v) is 5.43. The number of methoxy groups -OCH3 is 2. The maximum absolute atomic E-state index is 9.80. The van der Waals surface area contributed by atoms with Gasteiger partial charge in [-0.1, -0.05) is 59.8 Å². The minimum atomic E-state index is -0.0490. The number of nitrogens with zero attached hydrogens (tertiary/aromatic N) is 1. The Bertz CT molecular complexity index is 1170. The highest BCUT2D eigenvalue weighted by Crippen LogP contribution is 2.38. The number of oxime groups is 1. The van der Waals surface area contributed by atoms with E-state index in [2.05, 4.69) is 22.3 Å². The number of hydrogen-bond donors (Lipinski definition) is 2. The molecule has 152 valence electrons. The molecule has 0 aliphatic rings. The predicted octanol–water partition coefficient (Wildman–Crippen LogP) is 5.59. The molecular formula is C25H24N2O3. The Hall–Kier alpha value is -3.73. The van der Waals surface area contributed by atoms with Gasteiger partial charge in [-0.3, -0.25) is 0 Å². The van der Waals surface area contributed by atoms with Crippen LogP contribution in [0.15, 0.2) is 84.1 Å². The zero-order valence-electron chi connectivity index (χ0n) is 17.0. The third kappa shape index (κ3) is 3.74. The lowest BCUT2D eigenvalue weighted by Gasteiger charge is -2.20. The Labute approximate surface area is 175 Å². The molecule has 30 heavy (non-hydrogen) atoms. The van der Waals surface area contributed by atoms with E-state index in [0.717, 1.165) is 27.6 Å². The predicted molar refractivity (Wildman–Crippen MR) is 119 cm³/mol. The van der Waals surface area contributed by atoms with Crippen LogP contribution < -0.4 is 9.47 Å². The van der Waals surface area contributed by atoms with E-state index < -0.39 is 0 Å². The summed E-state index contributed by atoms with van der Waals surface area (Å²) < 4.78 is 10.9. The van der Waals surface area contributed by atoms with Crippen LogP contribution in [0.2, 0.25) is 0 Å². The number of fused-ring (bicyclic) bond motifs is 1. The lowest BCUT2D eigenvalue weighted by molar-refractivity contribution is 0.317. The number of benzene rings is 3. The van der Waals surface area contributed by atoms with E-state index >= 15 is 0 Å². The first-order valence-corrected chi connectivity index (χ1v) is 9.79. The second kappa shape index (κ2) is 8.74. The molecule has 3 aromatic carbocycles. The van der Waals surface area contributed by atoms with Crippen LogP contribution in [0.4, 0.5) is 0 Å². The first-order valence-electron chi connectivity index (χ1n) is 9.79. The van der Waals surface area contributed by atoms with Gasteiger partial charge in [-0.25, -0.2) is 0 Å². The molecule has 1 heterocycles. The molecule has 0 saturated carbocycles. The van der Waals surface area contributed by atoms with Crippen molar-refractivity contribution in [3.63, 3.8) is 0 Å². The standard InChI is InChI=1S/C25H24N2O3/c1-29-24-13-12-18(14-25(24)30-2)20(15-23(27-28)17-8-4-3-5-9-17)21-16-26-22-11-7-6-10-19(21)22/h3-14,16,20,26,28H,15H2,1-2H3/b27-23+. The molecule has 1 atom stereocenters. The number of hydrogen-bond acceptors (Lipinski definition) is 4. The van der Waals surface area contributed by atoms with Crippen molar-refractivity contribution in [2.75, 3.05) is 14.2 Å². The summed E-state index contributed by atoms with van der Waals surface area (Å²) in [5, 5.41) is 14.6. The molecule has 0 aliphatic heterocycles. The Balaban J connectivity index is 1.83. The SMILES string of the molecule is COc1ccc(C(C/C(=N\O)c2ccccc2)c2c[nH]c3ccccc23)cc1OC. The maximum atomic E-state index is 9.80. The summed E-state index contributed by atoms with van der Waals surface area (Å²) in [4.78, 5) is 3.36. The van der Waals surface area contributed by atoms with Crippen molar-refractivity contribution < 1.29 is 14.7 Å². The van der Waals surface area contributed by atoms with Crippen molar-refractivity contribution in [3.8, 4) is 11.5 Å². The number of aromatic amines is 1. The summed E-state index contributed by atoms with van der Waals surface area (Å²) in [5.74, 6) is 1.30. The molecule has 5 nitrogen and oxygen atoms in total. The molecule has 4 rings (SSSR count). The van der Waals surface area contributed by atoms with Crippen LogP contribution in [-0.4, -0.2) is 30.1 Å². The zero-order chi connectivity index (χ0) is 20.9. The number of rotatable bonds is 7. The van der Waals surface area contributed by atoms with Crippen molar-refractivity contribution >= 4 is 16.6 Å². The molecule has 0 aliphatic carbocycles. The van der Waals surface area contributed by atoms with Crippen LogP contribution in [-0.2, 0) is 0 Å². The van der Waals surface area contributed by atoms with Crippen LogP contribution >= 0.6 is 0 Å². The number of H-pyrrole nitrogens is 1. The van der Waals surface area contributed by atoms with Gasteiger partial charge in [0.1, 0.15) is 0 Å². The van der Waals surface area contributed by atoms with E-state index in [1.165, 1.54) is 0 Å². The van der Waals surface area contributed by atoms with Gasteiger partial charge < -0.3 is 19.7 Å². The van der Waals surface area contributed by atoms with Crippen molar-refractivity contribution in [1.29, 1.82) is 0 Å². The van der Waals surface area contributed by atoms with Gasteiger partial charge in [-0.05, 0) is 34.9 Å². The van der Waals surface area contributed by atoms with Crippen molar-refractivity contribution in [1.82, 2.24) is 4.98 Å². The Morgan fingerprint density at radius 3 is 2.40 bits per heavy atom. The highest BCUT2D eigenvalue weighted by atomic mass is 16.5. The molecule has 2 N–H and O–H groups in total. The summed E-state index contributed by atoms with van der Waals surface area (Å²) in [5.41, 5.74) is 4.77. The van der Waals surface area contributed by atoms with Gasteiger partial charge in [0, 0.05) is 29.4 Å². The van der Waals surface area contributed by atoms with Crippen LogP contribution in [0.25, 0.3) is 10.9 Å². The van der Waals surface area contributed by atoms with Crippen LogP contribution in [0.1, 0.15) is 29.0 Å². The fraction of sp³-hybridized carbons (Fsp3) is 0.160. The zero-order valence-corrected chi connectivity index (χ0v) is 17.0. The van der Waals surface area contributed by atoms with Gasteiger partial charge in [0.05, 0.1) is 19.9 Å². The average molecular weight is 400 g/mol. The van der Waals surface area contributed by atoms with E-state index in [1.807, 2.05) is 66.9 Å². The summed E-state index contributed by atoms with van der Waals surface area (Å²) in [6, 6.07) is 23.9. The molecule has 0 saturated heterocycles. The molecule has 1 unspecified atom stereocenters. The molecule has 0 radical (unpaired) electrons. The summed E-state index contributed by atoms with van der Waals surface area (Å²) in [6.07, 6.45) is 2.56. The van der Waals surface area contributed by atoms with Gasteiger partial charge in [0.25, 0.3) is 0 Å². The largest absolute Gasteiger partial charge is 0.493 e. The maximum Gasteiger partial charge on any atom is 0.161 e. The van der Waals surface area contributed by atoms with Gasteiger partial charge in [0.2, 0.25) is 0 Å². The minimum Gasteiger partial charge on any atom is -0.493 e. The highest BCUT2D eigenvalue weighted by Gasteiger charge is 2.23. The fourth-order valence-electron chi connectivity index (χ4n) is 3.90. The first-order chi connectivity index (χ1) is 14.7. The average Bonchev–Trinajstić information content (AvgIpc) is 3.24. The second-order valence-electron chi connectivity index (χ2n) is 7.07. The minimum absolute atomic E-state index is 0.0490. The van der Waals surface area contributed by atoms with Crippen LogP contribution in [0.5, 0.6) is 11.5 Å². The second-order valence-corrected chi connectivity index (χ2v) is 7.07. The summed E-state index contributed by atoms with van der Waals surface area (Å²) >= 11 is 0. The first kappa shape index (κ1) is 19.6. The lowest BCUT2D eigenvalue weighted by Crippen LogP contribution is -2.10. The molecule has 5 heteroatoms.